The summed E-state index contributed by atoms with van der Waals surface area (Å²) in [5.74, 6) is -0.961. The first kappa shape index (κ1) is 14.2. The maximum Gasteiger partial charge on any atom is 0.308 e. The third-order valence-corrected chi connectivity index (χ3v) is 4.96. The predicted octanol–water partition coefficient (Wildman–Crippen LogP) is 1.22. The number of rotatable bonds is 3. The number of carboxylic acids is 1. The van der Waals surface area contributed by atoms with Crippen LogP contribution in [0, 0.1) is 18.8 Å². The first-order valence-electron chi connectivity index (χ1n) is 6.87. The minimum Gasteiger partial charge on any atom is -0.481 e. The zero-order chi connectivity index (χ0) is 15.1. The molecule has 1 fully saturated rings. The van der Waals surface area contributed by atoms with Crippen LogP contribution in [-0.2, 0) is 11.3 Å². The Morgan fingerprint density at radius 1 is 1.52 bits per heavy atom. The number of nitrogens with zero attached hydrogens (tertiary/aromatic N) is 3. The number of hydrogen-bond donors (Lipinski definition) is 1. The van der Waals surface area contributed by atoms with Crippen molar-refractivity contribution in [2.45, 2.75) is 20.4 Å². The standard InChI is InChI=1S/C14H17N3O3S/c1-8-4-16(6-11(8)13(19)20)5-10-3-12(18)17-9(2)7-21-14(17)15-10/h3,7-8,11H,4-6H2,1-2H3,(H,19,20)/t8-,11-/m1/s1. The molecule has 1 aliphatic rings. The number of thiazole rings is 1. The number of hydrogen-bond acceptors (Lipinski definition) is 5. The summed E-state index contributed by atoms with van der Waals surface area (Å²) in [6.07, 6.45) is 0. The van der Waals surface area contributed by atoms with E-state index in [1.807, 2.05) is 19.2 Å². The van der Waals surface area contributed by atoms with Gasteiger partial charge in [-0.15, -0.1) is 11.3 Å². The van der Waals surface area contributed by atoms with Crippen LogP contribution in [-0.4, -0.2) is 38.4 Å². The molecule has 1 N–H and O–H groups in total. The Labute approximate surface area is 125 Å². The van der Waals surface area contributed by atoms with Crippen molar-refractivity contribution >= 4 is 22.3 Å². The summed E-state index contributed by atoms with van der Waals surface area (Å²) < 4.78 is 1.60. The van der Waals surface area contributed by atoms with Crippen LogP contribution in [0.2, 0.25) is 0 Å². The first-order chi connectivity index (χ1) is 9.95. The Morgan fingerprint density at radius 3 is 2.95 bits per heavy atom. The highest BCUT2D eigenvalue weighted by Gasteiger charge is 2.34. The van der Waals surface area contributed by atoms with Gasteiger partial charge in [-0.25, -0.2) is 4.98 Å². The molecule has 0 unspecified atom stereocenters. The highest BCUT2D eigenvalue weighted by atomic mass is 32.1. The van der Waals surface area contributed by atoms with Gasteiger partial charge in [-0.3, -0.25) is 18.9 Å². The van der Waals surface area contributed by atoms with E-state index < -0.39 is 5.97 Å². The fourth-order valence-corrected chi connectivity index (χ4v) is 3.82. The third-order valence-electron chi connectivity index (χ3n) is 4.02. The van der Waals surface area contributed by atoms with E-state index in [1.54, 1.807) is 10.5 Å². The maximum absolute atomic E-state index is 12.1. The summed E-state index contributed by atoms with van der Waals surface area (Å²) in [7, 11) is 0. The zero-order valence-corrected chi connectivity index (χ0v) is 12.8. The molecule has 0 aliphatic carbocycles. The minimum absolute atomic E-state index is 0.0734. The molecule has 7 heteroatoms. The van der Waals surface area contributed by atoms with E-state index >= 15 is 0 Å². The lowest BCUT2D eigenvalue weighted by atomic mass is 9.99. The second-order valence-corrected chi connectivity index (χ2v) is 6.53. The lowest BCUT2D eigenvalue weighted by Gasteiger charge is -2.14. The lowest BCUT2D eigenvalue weighted by Crippen LogP contribution is -2.25. The Morgan fingerprint density at radius 2 is 2.29 bits per heavy atom. The van der Waals surface area contributed by atoms with Crippen molar-refractivity contribution in [2.75, 3.05) is 13.1 Å². The van der Waals surface area contributed by atoms with Crippen molar-refractivity contribution in [1.29, 1.82) is 0 Å². The van der Waals surface area contributed by atoms with Crippen molar-refractivity contribution < 1.29 is 9.90 Å². The average Bonchev–Trinajstić information content (AvgIpc) is 2.93. The molecule has 0 saturated carbocycles. The van der Waals surface area contributed by atoms with Crippen molar-refractivity contribution in [3.8, 4) is 0 Å². The molecule has 6 nitrogen and oxygen atoms in total. The third kappa shape index (κ3) is 2.58. The van der Waals surface area contributed by atoms with Gasteiger partial charge in [0.05, 0.1) is 11.6 Å². The van der Waals surface area contributed by atoms with E-state index in [0.717, 1.165) is 12.2 Å². The Bertz CT molecular complexity index is 751. The summed E-state index contributed by atoms with van der Waals surface area (Å²) in [6.45, 7) is 5.60. The van der Waals surface area contributed by atoms with Crippen LogP contribution in [0.3, 0.4) is 0 Å². The van der Waals surface area contributed by atoms with Crippen LogP contribution in [0.5, 0.6) is 0 Å². The Kier molecular flexibility index (Phi) is 3.54. The molecular weight excluding hydrogens is 290 g/mol. The molecule has 21 heavy (non-hydrogen) atoms. The van der Waals surface area contributed by atoms with Gasteiger partial charge in [0, 0.05) is 36.8 Å². The number of likely N-dealkylation sites (tertiary alicyclic amines) is 1. The van der Waals surface area contributed by atoms with Crippen molar-refractivity contribution in [2.24, 2.45) is 11.8 Å². The van der Waals surface area contributed by atoms with E-state index in [4.69, 9.17) is 5.11 Å². The molecule has 2 atom stereocenters. The molecule has 2 aromatic rings. The van der Waals surface area contributed by atoms with Gasteiger partial charge in [-0.1, -0.05) is 6.92 Å². The number of carboxylic acid groups (broad SMARTS) is 1. The van der Waals surface area contributed by atoms with E-state index in [1.165, 1.54) is 11.3 Å². The summed E-state index contributed by atoms with van der Waals surface area (Å²) in [5.41, 5.74) is 1.52. The molecule has 1 aliphatic heterocycles. The van der Waals surface area contributed by atoms with E-state index in [2.05, 4.69) is 9.88 Å². The fourth-order valence-electron chi connectivity index (χ4n) is 2.93. The number of carbonyl (C=O) groups is 1. The van der Waals surface area contributed by atoms with Gasteiger partial charge in [-0.2, -0.15) is 0 Å². The van der Waals surface area contributed by atoms with E-state index in [-0.39, 0.29) is 17.4 Å². The summed E-state index contributed by atoms with van der Waals surface area (Å²) in [6, 6.07) is 1.55. The van der Waals surface area contributed by atoms with Gasteiger partial charge >= 0.3 is 5.97 Å². The molecular formula is C14H17N3O3S. The Balaban J connectivity index is 1.83. The van der Waals surface area contributed by atoms with Gasteiger partial charge in [0.15, 0.2) is 4.96 Å². The Hall–Kier alpha value is -1.73. The molecule has 1 saturated heterocycles. The average molecular weight is 307 g/mol. The summed E-state index contributed by atoms with van der Waals surface area (Å²) in [4.78, 5) is 30.5. The van der Waals surface area contributed by atoms with Crippen LogP contribution >= 0.6 is 11.3 Å². The highest BCUT2D eigenvalue weighted by molar-refractivity contribution is 7.15. The molecule has 0 radical (unpaired) electrons. The van der Waals surface area contributed by atoms with E-state index in [0.29, 0.717) is 23.7 Å². The topological polar surface area (TPSA) is 74.9 Å². The zero-order valence-electron chi connectivity index (χ0n) is 11.9. The number of fused-ring (bicyclic) bond motifs is 1. The summed E-state index contributed by atoms with van der Waals surface area (Å²) >= 11 is 1.45. The molecule has 0 aromatic carbocycles. The van der Waals surface area contributed by atoms with Gasteiger partial charge < -0.3 is 5.11 Å². The SMILES string of the molecule is Cc1csc2nc(CN3C[C@@H](C)[C@H](C(=O)O)C3)cc(=O)n12. The number of aliphatic carboxylic acids is 1. The molecule has 0 bridgehead atoms. The molecule has 2 aromatic heterocycles. The largest absolute Gasteiger partial charge is 0.481 e. The molecule has 0 spiro atoms. The second kappa shape index (κ2) is 5.23. The van der Waals surface area contributed by atoms with Crippen molar-refractivity contribution in [3.05, 3.63) is 33.2 Å². The van der Waals surface area contributed by atoms with Crippen molar-refractivity contribution in [3.63, 3.8) is 0 Å². The van der Waals surface area contributed by atoms with E-state index in [9.17, 15) is 9.59 Å². The monoisotopic (exact) mass is 307 g/mol. The lowest BCUT2D eigenvalue weighted by molar-refractivity contribution is -0.142. The van der Waals surface area contributed by atoms with Crippen LogP contribution in [0.4, 0.5) is 0 Å². The van der Waals surface area contributed by atoms with Crippen molar-refractivity contribution in [1.82, 2.24) is 14.3 Å². The molecule has 112 valence electrons. The molecule has 0 amide bonds. The normalized spacial score (nSPS) is 23.0. The second-order valence-electron chi connectivity index (χ2n) is 5.70. The molecule has 3 heterocycles. The van der Waals surface area contributed by atoms with Crippen LogP contribution in [0.25, 0.3) is 4.96 Å². The molecule has 3 rings (SSSR count). The number of aromatic nitrogens is 2. The van der Waals surface area contributed by atoms with Gasteiger partial charge in [0.2, 0.25) is 0 Å². The van der Waals surface area contributed by atoms with Crippen LogP contribution in [0.15, 0.2) is 16.2 Å². The van der Waals surface area contributed by atoms with Gasteiger partial charge in [-0.05, 0) is 12.8 Å². The highest BCUT2D eigenvalue weighted by Crippen LogP contribution is 2.24. The van der Waals surface area contributed by atoms with Gasteiger partial charge in [0.25, 0.3) is 5.56 Å². The quantitative estimate of drug-likeness (QED) is 0.923. The minimum atomic E-state index is -0.748. The maximum atomic E-state index is 12.1. The predicted molar refractivity (Wildman–Crippen MR) is 79.6 cm³/mol. The smallest absolute Gasteiger partial charge is 0.308 e. The number of aryl methyl sites for hydroxylation is 1. The van der Waals surface area contributed by atoms with Gasteiger partial charge in [0.1, 0.15) is 0 Å². The van der Waals surface area contributed by atoms with Crippen LogP contribution in [0.1, 0.15) is 18.3 Å². The summed E-state index contributed by atoms with van der Waals surface area (Å²) in [5, 5.41) is 11.1. The van der Waals surface area contributed by atoms with Crippen LogP contribution < -0.4 is 5.56 Å². The fraction of sp³-hybridized carbons (Fsp3) is 0.500. The first-order valence-corrected chi connectivity index (χ1v) is 7.75.